The van der Waals surface area contributed by atoms with Gasteiger partial charge in [0.2, 0.25) is 0 Å². The highest BCUT2D eigenvalue weighted by molar-refractivity contribution is 8.21. The summed E-state index contributed by atoms with van der Waals surface area (Å²) in [5.41, 5.74) is -0.663. The molecule has 7 heteroatoms. The van der Waals surface area contributed by atoms with E-state index < -0.39 is 21.8 Å². The fourth-order valence-electron chi connectivity index (χ4n) is 1.00. The standard InChI is InChI=1S/C6H6O5S2/c7-3-1-4(8)11-6(10-3)12-2-5(9)13-6/h5,9H,1-2H2. The number of aliphatic hydroxyl groups is 1. The molecule has 0 bridgehead atoms. The van der Waals surface area contributed by atoms with Gasteiger partial charge in [-0.3, -0.25) is 9.59 Å². The predicted octanol–water partition coefficient (Wildman–Crippen LogP) is -0.114. The van der Waals surface area contributed by atoms with Crippen LogP contribution in [0.25, 0.3) is 0 Å². The number of esters is 2. The summed E-state index contributed by atoms with van der Waals surface area (Å²) in [6, 6.07) is 0. The Balaban J connectivity index is 2.14. The molecule has 13 heavy (non-hydrogen) atoms. The molecule has 2 saturated heterocycles. The van der Waals surface area contributed by atoms with Crippen molar-refractivity contribution in [3.05, 3.63) is 0 Å². The Morgan fingerprint density at radius 1 is 1.38 bits per heavy atom. The second kappa shape index (κ2) is 3.07. The SMILES string of the molecule is O=C1CC(=O)OC2(O1)SCC(O)S2. The van der Waals surface area contributed by atoms with Crippen LogP contribution in [0.5, 0.6) is 0 Å². The molecule has 2 aliphatic heterocycles. The van der Waals surface area contributed by atoms with Crippen LogP contribution in [0, 0.1) is 0 Å². The van der Waals surface area contributed by atoms with Gasteiger partial charge in [0.25, 0.3) is 0 Å². The normalized spacial score (nSPS) is 31.6. The number of ether oxygens (including phenoxy) is 2. The Labute approximate surface area is 82.1 Å². The first-order chi connectivity index (χ1) is 6.10. The van der Waals surface area contributed by atoms with Crippen LogP contribution < -0.4 is 0 Å². The molecular weight excluding hydrogens is 216 g/mol. The Hall–Kier alpha value is -0.400. The number of carbonyl (C=O) groups is 2. The number of aliphatic hydroxyl groups excluding tert-OH is 1. The van der Waals surface area contributed by atoms with Gasteiger partial charge in [-0.25, -0.2) is 0 Å². The van der Waals surface area contributed by atoms with Gasteiger partial charge < -0.3 is 14.6 Å². The lowest BCUT2D eigenvalue weighted by Crippen LogP contribution is -2.38. The lowest BCUT2D eigenvalue weighted by atomic mass is 10.4. The van der Waals surface area contributed by atoms with Gasteiger partial charge in [0.1, 0.15) is 11.9 Å². The van der Waals surface area contributed by atoms with Crippen LogP contribution in [-0.4, -0.2) is 32.7 Å². The Kier molecular flexibility index (Phi) is 2.17. The summed E-state index contributed by atoms with van der Waals surface area (Å²) in [6.45, 7) is 0. The van der Waals surface area contributed by atoms with Crippen LogP contribution in [0.3, 0.4) is 0 Å². The van der Waals surface area contributed by atoms with Crippen molar-refractivity contribution in [3.63, 3.8) is 0 Å². The van der Waals surface area contributed by atoms with Gasteiger partial charge in [-0.2, -0.15) is 0 Å². The molecule has 0 radical (unpaired) electrons. The summed E-state index contributed by atoms with van der Waals surface area (Å²) in [5, 5.41) is 9.18. The van der Waals surface area contributed by atoms with Gasteiger partial charge in [-0.1, -0.05) is 11.8 Å². The minimum absolute atomic E-state index is 0.348. The van der Waals surface area contributed by atoms with Gasteiger partial charge in [-0.15, -0.1) is 0 Å². The highest BCUT2D eigenvalue weighted by atomic mass is 32.2. The molecular formula is C6H6O5S2. The van der Waals surface area contributed by atoms with Gasteiger partial charge in [-0.05, 0) is 11.8 Å². The molecule has 1 atom stereocenters. The Morgan fingerprint density at radius 2 is 2.00 bits per heavy atom. The van der Waals surface area contributed by atoms with Crippen LogP contribution in [0.4, 0.5) is 0 Å². The Bertz CT molecular complexity index is 250. The molecule has 5 nitrogen and oxygen atoms in total. The molecule has 0 saturated carbocycles. The molecule has 0 aromatic heterocycles. The van der Waals surface area contributed by atoms with E-state index in [2.05, 4.69) is 0 Å². The summed E-state index contributed by atoms with van der Waals surface area (Å²) in [5.74, 6) is -0.832. The fourth-order valence-corrected chi connectivity index (χ4v) is 3.56. The molecule has 2 heterocycles. The third kappa shape index (κ3) is 1.77. The molecule has 1 spiro atoms. The summed E-state index contributed by atoms with van der Waals surface area (Å²) in [4.78, 5) is 21.8. The Morgan fingerprint density at radius 3 is 2.46 bits per heavy atom. The van der Waals surface area contributed by atoms with E-state index >= 15 is 0 Å². The highest BCUT2D eigenvalue weighted by Crippen LogP contribution is 2.50. The van der Waals surface area contributed by atoms with E-state index in [9.17, 15) is 14.7 Å². The molecule has 2 fully saturated rings. The van der Waals surface area contributed by atoms with Gasteiger partial charge in [0, 0.05) is 5.75 Å². The van der Waals surface area contributed by atoms with Crippen molar-refractivity contribution in [1.82, 2.24) is 0 Å². The molecule has 0 aromatic carbocycles. The second-order valence-electron chi connectivity index (χ2n) is 2.51. The molecule has 1 N–H and O–H groups in total. The van der Waals surface area contributed by atoms with Crippen molar-refractivity contribution in [2.24, 2.45) is 0 Å². The van der Waals surface area contributed by atoms with Crippen molar-refractivity contribution in [2.75, 3.05) is 5.75 Å². The first-order valence-electron chi connectivity index (χ1n) is 3.53. The number of hydrogen-bond acceptors (Lipinski definition) is 7. The van der Waals surface area contributed by atoms with Crippen molar-refractivity contribution in [2.45, 2.75) is 16.3 Å². The minimum Gasteiger partial charge on any atom is -0.403 e. The topological polar surface area (TPSA) is 72.8 Å². The lowest BCUT2D eigenvalue weighted by Gasteiger charge is -2.29. The van der Waals surface area contributed by atoms with Crippen molar-refractivity contribution in [1.29, 1.82) is 0 Å². The predicted molar refractivity (Wildman–Crippen MR) is 45.6 cm³/mol. The van der Waals surface area contributed by atoms with Crippen LogP contribution in [0.15, 0.2) is 0 Å². The van der Waals surface area contributed by atoms with Crippen LogP contribution in [-0.2, 0) is 19.1 Å². The second-order valence-corrected chi connectivity index (χ2v) is 5.24. The van der Waals surface area contributed by atoms with Crippen LogP contribution in [0.2, 0.25) is 0 Å². The zero-order valence-corrected chi connectivity index (χ0v) is 8.02. The molecule has 1 unspecified atom stereocenters. The maximum atomic E-state index is 10.9. The summed E-state index contributed by atoms with van der Waals surface area (Å²) < 4.78 is 8.39. The van der Waals surface area contributed by atoms with E-state index in [0.717, 1.165) is 23.5 Å². The molecule has 0 amide bonds. The number of thioether (sulfide) groups is 2. The van der Waals surface area contributed by atoms with Crippen LogP contribution >= 0.6 is 23.5 Å². The average molecular weight is 222 g/mol. The number of rotatable bonds is 0. The van der Waals surface area contributed by atoms with Crippen molar-refractivity contribution in [3.8, 4) is 0 Å². The molecule has 72 valence electrons. The number of carbonyl (C=O) groups excluding carboxylic acids is 2. The maximum Gasteiger partial charge on any atom is 0.361 e. The molecule has 2 aliphatic rings. The quantitative estimate of drug-likeness (QED) is 0.452. The monoisotopic (exact) mass is 222 g/mol. The van der Waals surface area contributed by atoms with E-state index in [1.165, 1.54) is 0 Å². The van der Waals surface area contributed by atoms with Gasteiger partial charge in [0.05, 0.1) is 0 Å². The third-order valence-electron chi connectivity index (χ3n) is 1.45. The zero-order chi connectivity index (χ0) is 9.47. The minimum atomic E-state index is -1.33. The fraction of sp³-hybridized carbons (Fsp3) is 0.667. The zero-order valence-electron chi connectivity index (χ0n) is 6.39. The largest absolute Gasteiger partial charge is 0.403 e. The highest BCUT2D eigenvalue weighted by Gasteiger charge is 2.51. The van der Waals surface area contributed by atoms with Gasteiger partial charge >= 0.3 is 16.4 Å². The first-order valence-corrected chi connectivity index (χ1v) is 5.40. The van der Waals surface area contributed by atoms with Crippen molar-refractivity contribution < 1.29 is 24.2 Å². The smallest absolute Gasteiger partial charge is 0.361 e. The molecule has 2 rings (SSSR count). The van der Waals surface area contributed by atoms with Crippen molar-refractivity contribution >= 4 is 35.5 Å². The van der Waals surface area contributed by atoms with E-state index in [0.29, 0.717) is 5.75 Å². The first kappa shape index (κ1) is 9.17. The maximum absolute atomic E-state index is 10.9. The third-order valence-corrected chi connectivity index (χ3v) is 4.20. The van der Waals surface area contributed by atoms with E-state index in [1.54, 1.807) is 0 Å². The number of hydrogen-bond donors (Lipinski definition) is 1. The lowest BCUT2D eigenvalue weighted by molar-refractivity contribution is -0.193. The van der Waals surface area contributed by atoms with Crippen LogP contribution in [0.1, 0.15) is 6.42 Å². The average Bonchev–Trinajstić information content (AvgIpc) is 2.28. The van der Waals surface area contributed by atoms with E-state index in [1.807, 2.05) is 0 Å². The molecule has 0 aromatic rings. The molecule has 0 aliphatic carbocycles. The van der Waals surface area contributed by atoms with E-state index in [4.69, 9.17) is 9.47 Å². The summed E-state index contributed by atoms with van der Waals surface area (Å²) in [7, 11) is 0. The summed E-state index contributed by atoms with van der Waals surface area (Å²) >= 11 is 2.04. The summed E-state index contributed by atoms with van der Waals surface area (Å²) in [6.07, 6.45) is -0.348. The van der Waals surface area contributed by atoms with E-state index in [-0.39, 0.29) is 6.42 Å². The van der Waals surface area contributed by atoms with Gasteiger partial charge in [0.15, 0.2) is 0 Å².